The molecule has 12 heteroatoms. The largest absolute Gasteiger partial charge is 0.216 e. The molecular weight excluding hydrogens is 438 g/mol. The van der Waals surface area contributed by atoms with Gasteiger partial charge >= 0.3 is 0 Å². The molecule has 1 aliphatic heterocycles. The van der Waals surface area contributed by atoms with Gasteiger partial charge in [0.05, 0.1) is 37.3 Å². The fourth-order valence-electron chi connectivity index (χ4n) is 2.67. The Bertz CT molecular complexity index is 772. The molecule has 0 spiro atoms. The van der Waals surface area contributed by atoms with Crippen LogP contribution in [0.3, 0.4) is 0 Å². The third kappa shape index (κ3) is 8.41. The molecule has 0 radical (unpaired) electrons. The van der Waals surface area contributed by atoms with Crippen LogP contribution in [0.5, 0.6) is 0 Å². The first-order valence-corrected chi connectivity index (χ1v) is 15.0. The minimum atomic E-state index is -3.80. The van der Waals surface area contributed by atoms with E-state index < -0.39 is 30.1 Å². The minimum absolute atomic E-state index is 0.136. The van der Waals surface area contributed by atoms with Crippen LogP contribution in [0.25, 0.3) is 0 Å². The lowest BCUT2D eigenvalue weighted by Crippen LogP contribution is -2.60. The van der Waals surface area contributed by atoms with Gasteiger partial charge in [0.2, 0.25) is 30.1 Å². The van der Waals surface area contributed by atoms with Gasteiger partial charge < -0.3 is 0 Å². The van der Waals surface area contributed by atoms with Crippen LogP contribution in [-0.2, 0) is 30.1 Å². The lowest BCUT2D eigenvalue weighted by Gasteiger charge is -2.40. The van der Waals surface area contributed by atoms with E-state index in [1.165, 1.54) is 0 Å². The molecule has 0 aromatic carbocycles. The van der Waals surface area contributed by atoms with E-state index in [-0.39, 0.29) is 49.1 Å². The third-order valence-electron chi connectivity index (χ3n) is 4.79. The molecule has 0 aliphatic carbocycles. The maximum absolute atomic E-state index is 12.8. The Morgan fingerprint density at radius 1 is 0.621 bits per heavy atom. The minimum Gasteiger partial charge on any atom is -0.212 e. The first-order chi connectivity index (χ1) is 13.2. The molecule has 9 nitrogen and oxygen atoms in total. The first-order valence-electron chi connectivity index (χ1n) is 10.1. The fraction of sp³-hybridized carbons (Fsp3) is 1.00. The Hall–Kier alpha value is -0.270. The Labute approximate surface area is 177 Å². The number of rotatable bonds is 12. The standard InChI is InChI=1S/C17H37N3O6S3/c1-6-7-10-27(21,22)18-13-19(28(23,24)11-8-16(2)3)15-20(14-18)29(25,26)12-9-17(4)5/h16-17H,6-15H2,1-5H3. The molecule has 0 unspecified atom stereocenters. The number of nitrogens with zero attached hydrogens (tertiary/aromatic N) is 3. The zero-order valence-electron chi connectivity index (χ0n) is 18.2. The van der Waals surface area contributed by atoms with Crippen molar-refractivity contribution < 1.29 is 25.3 Å². The molecule has 0 atom stereocenters. The number of hydrogen-bond donors (Lipinski definition) is 0. The highest BCUT2D eigenvalue weighted by Gasteiger charge is 2.40. The summed E-state index contributed by atoms with van der Waals surface area (Å²) in [7, 11) is -11.4. The molecule has 0 saturated carbocycles. The lowest BCUT2D eigenvalue weighted by molar-refractivity contribution is 0.127. The molecule has 0 N–H and O–H groups in total. The van der Waals surface area contributed by atoms with Crippen molar-refractivity contribution in [1.82, 2.24) is 12.9 Å². The summed E-state index contributed by atoms with van der Waals surface area (Å²) in [6.07, 6.45) is 1.93. The van der Waals surface area contributed by atoms with Crippen molar-refractivity contribution in [3.8, 4) is 0 Å². The second kappa shape index (κ2) is 10.9. The molecular formula is C17H37N3O6S3. The SMILES string of the molecule is CCCCS(=O)(=O)N1CN(S(=O)(=O)CCC(C)C)CN(S(=O)(=O)CCC(C)C)C1. The van der Waals surface area contributed by atoms with E-state index in [9.17, 15) is 25.3 Å². The van der Waals surface area contributed by atoms with E-state index in [1.54, 1.807) is 0 Å². The van der Waals surface area contributed by atoms with Crippen molar-refractivity contribution in [2.24, 2.45) is 11.8 Å². The van der Waals surface area contributed by atoms with Gasteiger partial charge in [-0.05, 0) is 31.1 Å². The zero-order chi connectivity index (χ0) is 22.5. The van der Waals surface area contributed by atoms with E-state index in [2.05, 4.69) is 0 Å². The van der Waals surface area contributed by atoms with Crippen LogP contribution in [0, 0.1) is 11.8 Å². The van der Waals surface area contributed by atoms with Gasteiger partial charge in [0.25, 0.3) is 0 Å². The van der Waals surface area contributed by atoms with Crippen LogP contribution in [-0.4, -0.2) is 75.4 Å². The predicted molar refractivity (Wildman–Crippen MR) is 115 cm³/mol. The topological polar surface area (TPSA) is 112 Å². The van der Waals surface area contributed by atoms with Crippen molar-refractivity contribution in [3.63, 3.8) is 0 Å². The van der Waals surface area contributed by atoms with Gasteiger partial charge in [-0.3, -0.25) is 0 Å². The van der Waals surface area contributed by atoms with Crippen molar-refractivity contribution in [2.75, 3.05) is 37.3 Å². The average Bonchev–Trinajstić information content (AvgIpc) is 2.63. The second-order valence-electron chi connectivity index (χ2n) is 8.45. The third-order valence-corrected chi connectivity index (χ3v) is 10.1. The summed E-state index contributed by atoms with van der Waals surface area (Å²) in [4.78, 5) is 0. The molecule has 1 aliphatic rings. The summed E-state index contributed by atoms with van der Waals surface area (Å²) in [5.74, 6) is -0.112. The van der Waals surface area contributed by atoms with Gasteiger partial charge in [-0.1, -0.05) is 41.0 Å². The molecule has 0 bridgehead atoms. The van der Waals surface area contributed by atoms with Crippen LogP contribution in [0.15, 0.2) is 0 Å². The van der Waals surface area contributed by atoms with Gasteiger partial charge in [0.1, 0.15) is 0 Å². The summed E-state index contributed by atoms with van der Waals surface area (Å²) in [6.45, 7) is 8.42. The summed E-state index contributed by atoms with van der Waals surface area (Å²) in [6, 6.07) is 0. The Balaban J connectivity index is 3.17. The monoisotopic (exact) mass is 475 g/mol. The van der Waals surface area contributed by atoms with Gasteiger partial charge in [-0.15, -0.1) is 0 Å². The quantitative estimate of drug-likeness (QED) is 0.424. The van der Waals surface area contributed by atoms with Gasteiger partial charge in [0.15, 0.2) is 0 Å². The maximum Gasteiger partial charge on any atom is 0.216 e. The maximum atomic E-state index is 12.8. The van der Waals surface area contributed by atoms with E-state index in [4.69, 9.17) is 0 Å². The Kier molecular flexibility index (Phi) is 10.0. The number of unbranched alkanes of at least 4 members (excludes halogenated alkanes) is 1. The van der Waals surface area contributed by atoms with Crippen molar-refractivity contribution >= 4 is 30.1 Å². The van der Waals surface area contributed by atoms with Crippen LogP contribution >= 0.6 is 0 Å². The molecule has 1 saturated heterocycles. The van der Waals surface area contributed by atoms with E-state index in [0.29, 0.717) is 25.7 Å². The summed E-state index contributed by atoms with van der Waals surface area (Å²) >= 11 is 0. The Morgan fingerprint density at radius 3 is 1.21 bits per heavy atom. The van der Waals surface area contributed by atoms with E-state index >= 15 is 0 Å². The molecule has 0 amide bonds. The molecule has 0 aromatic heterocycles. The van der Waals surface area contributed by atoms with Crippen molar-refractivity contribution in [1.29, 1.82) is 0 Å². The van der Waals surface area contributed by atoms with Gasteiger partial charge in [0, 0.05) is 0 Å². The van der Waals surface area contributed by atoms with Crippen molar-refractivity contribution in [2.45, 2.75) is 60.3 Å². The van der Waals surface area contributed by atoms with Crippen molar-refractivity contribution in [3.05, 3.63) is 0 Å². The number of sulfonamides is 3. The average molecular weight is 476 g/mol. The number of hydrogen-bond acceptors (Lipinski definition) is 6. The molecule has 1 heterocycles. The van der Waals surface area contributed by atoms with Gasteiger partial charge in [-0.25, -0.2) is 25.3 Å². The highest BCUT2D eigenvalue weighted by atomic mass is 32.2. The van der Waals surface area contributed by atoms with E-state index in [0.717, 1.165) is 12.9 Å². The fourth-order valence-corrected chi connectivity index (χ4v) is 7.75. The highest BCUT2D eigenvalue weighted by Crippen LogP contribution is 2.21. The summed E-state index contributed by atoms with van der Waals surface area (Å²) in [5.41, 5.74) is 0. The molecule has 29 heavy (non-hydrogen) atoms. The molecule has 0 aromatic rings. The smallest absolute Gasteiger partial charge is 0.212 e. The molecule has 174 valence electrons. The van der Waals surface area contributed by atoms with Crippen LogP contribution in [0.1, 0.15) is 60.3 Å². The van der Waals surface area contributed by atoms with Crippen LogP contribution in [0.2, 0.25) is 0 Å². The highest BCUT2D eigenvalue weighted by molar-refractivity contribution is 7.90. The summed E-state index contributed by atoms with van der Waals surface area (Å²) < 4.78 is 79.5. The van der Waals surface area contributed by atoms with Gasteiger partial charge in [-0.2, -0.15) is 12.9 Å². The zero-order valence-corrected chi connectivity index (χ0v) is 20.7. The van der Waals surface area contributed by atoms with Crippen LogP contribution < -0.4 is 0 Å². The lowest BCUT2D eigenvalue weighted by atomic mass is 10.2. The van der Waals surface area contributed by atoms with Crippen LogP contribution in [0.4, 0.5) is 0 Å². The summed E-state index contributed by atoms with van der Waals surface area (Å²) in [5, 5.41) is 0. The van der Waals surface area contributed by atoms with E-state index in [1.807, 2.05) is 34.6 Å². The first kappa shape index (κ1) is 26.8. The second-order valence-corrected chi connectivity index (χ2v) is 14.7. The molecule has 1 fully saturated rings. The Morgan fingerprint density at radius 2 is 0.931 bits per heavy atom. The normalized spacial score (nSPS) is 18.7. The predicted octanol–water partition coefficient (Wildman–Crippen LogP) is 1.66. The molecule has 1 rings (SSSR count).